The van der Waals surface area contributed by atoms with Crippen LogP contribution in [0.4, 0.5) is 4.39 Å². The zero-order chi connectivity index (χ0) is 14.0. The van der Waals surface area contributed by atoms with Gasteiger partial charge >= 0.3 is 0 Å². The Morgan fingerprint density at radius 3 is 2.68 bits per heavy atom. The zero-order valence-corrected chi connectivity index (χ0v) is 11.1. The lowest BCUT2D eigenvalue weighted by Crippen LogP contribution is -2.25. The third kappa shape index (κ3) is 2.44. The molecule has 0 aliphatic carbocycles. The van der Waals surface area contributed by atoms with Crippen molar-refractivity contribution in [3.63, 3.8) is 0 Å². The molecular formula is C15H16FNO2. The molecule has 0 saturated heterocycles. The first-order chi connectivity index (χ1) is 8.96. The molecule has 0 fully saturated rings. The number of benzene rings is 1. The van der Waals surface area contributed by atoms with Crippen molar-refractivity contribution >= 4 is 0 Å². The first-order valence-corrected chi connectivity index (χ1v) is 5.95. The van der Waals surface area contributed by atoms with Crippen molar-refractivity contribution in [1.29, 1.82) is 0 Å². The summed E-state index contributed by atoms with van der Waals surface area (Å²) in [4.78, 5) is 4.15. The molecule has 1 N–H and O–H groups in total. The summed E-state index contributed by atoms with van der Waals surface area (Å²) >= 11 is 0. The average Bonchev–Trinajstić information content (AvgIpc) is 2.41. The van der Waals surface area contributed by atoms with E-state index in [0.717, 1.165) is 0 Å². The molecule has 2 aromatic rings. The molecule has 0 aliphatic heterocycles. The smallest absolute Gasteiger partial charge is 0.143 e. The summed E-state index contributed by atoms with van der Waals surface area (Å²) in [5, 5.41) is 10.7. The molecule has 2 rings (SSSR count). The fourth-order valence-electron chi connectivity index (χ4n) is 1.95. The van der Waals surface area contributed by atoms with Crippen LogP contribution in [-0.2, 0) is 5.60 Å². The van der Waals surface area contributed by atoms with Crippen LogP contribution < -0.4 is 4.74 Å². The third-order valence-electron chi connectivity index (χ3n) is 3.19. The number of hydrogen-bond acceptors (Lipinski definition) is 3. The predicted octanol–water partition coefficient (Wildman–Crippen LogP) is 2.79. The standard InChI is InChI=1S/C15H16FNO2/c1-10-6-7-11(9-12(10)16)15(2,18)14-13(19-3)5-4-8-17-14/h4-9,18H,1-3H3. The molecular weight excluding hydrogens is 245 g/mol. The maximum absolute atomic E-state index is 13.6. The van der Waals surface area contributed by atoms with Crippen molar-refractivity contribution in [3.05, 3.63) is 59.2 Å². The van der Waals surface area contributed by atoms with E-state index in [1.165, 1.54) is 13.2 Å². The number of aliphatic hydroxyl groups is 1. The molecule has 0 saturated carbocycles. The van der Waals surface area contributed by atoms with E-state index in [4.69, 9.17) is 4.74 Å². The Bertz CT molecular complexity index is 596. The molecule has 3 nitrogen and oxygen atoms in total. The van der Waals surface area contributed by atoms with Crippen LogP contribution in [0.25, 0.3) is 0 Å². The second kappa shape index (κ2) is 4.97. The second-order valence-corrected chi connectivity index (χ2v) is 4.59. The van der Waals surface area contributed by atoms with Crippen LogP contribution in [0.5, 0.6) is 5.75 Å². The lowest BCUT2D eigenvalue weighted by Gasteiger charge is -2.25. The van der Waals surface area contributed by atoms with Crippen LogP contribution in [0.2, 0.25) is 0 Å². The molecule has 0 spiro atoms. The predicted molar refractivity (Wildman–Crippen MR) is 70.6 cm³/mol. The van der Waals surface area contributed by atoms with Crippen molar-refractivity contribution in [2.75, 3.05) is 7.11 Å². The van der Waals surface area contributed by atoms with Gasteiger partial charge in [-0.2, -0.15) is 0 Å². The molecule has 0 bridgehead atoms. The minimum Gasteiger partial charge on any atom is -0.495 e. The van der Waals surface area contributed by atoms with Gasteiger partial charge in [0, 0.05) is 6.20 Å². The van der Waals surface area contributed by atoms with E-state index in [9.17, 15) is 9.50 Å². The fraction of sp³-hybridized carbons (Fsp3) is 0.267. The summed E-state index contributed by atoms with van der Waals surface area (Å²) < 4.78 is 18.8. The third-order valence-corrected chi connectivity index (χ3v) is 3.19. The molecule has 19 heavy (non-hydrogen) atoms. The number of halogens is 1. The van der Waals surface area contributed by atoms with Crippen LogP contribution in [0.15, 0.2) is 36.5 Å². The van der Waals surface area contributed by atoms with E-state index in [-0.39, 0.29) is 5.82 Å². The van der Waals surface area contributed by atoms with Crippen molar-refractivity contribution < 1.29 is 14.2 Å². The SMILES string of the molecule is COc1cccnc1C(C)(O)c1ccc(C)c(F)c1. The maximum Gasteiger partial charge on any atom is 0.143 e. The summed E-state index contributed by atoms with van der Waals surface area (Å²) in [5.41, 5.74) is -0.0814. The monoisotopic (exact) mass is 261 g/mol. The van der Waals surface area contributed by atoms with Gasteiger partial charge in [-0.1, -0.05) is 12.1 Å². The van der Waals surface area contributed by atoms with Gasteiger partial charge in [-0.05, 0) is 43.2 Å². The van der Waals surface area contributed by atoms with E-state index < -0.39 is 5.60 Å². The maximum atomic E-state index is 13.6. The van der Waals surface area contributed by atoms with Gasteiger partial charge in [0.05, 0.1) is 7.11 Å². The quantitative estimate of drug-likeness (QED) is 0.923. The molecule has 100 valence electrons. The van der Waals surface area contributed by atoms with E-state index in [1.54, 1.807) is 44.3 Å². The summed E-state index contributed by atoms with van der Waals surface area (Å²) in [6, 6.07) is 8.07. The Labute approximate surface area is 111 Å². The van der Waals surface area contributed by atoms with Crippen LogP contribution in [0.1, 0.15) is 23.7 Å². The molecule has 0 amide bonds. The van der Waals surface area contributed by atoms with Gasteiger partial charge in [0.2, 0.25) is 0 Å². The second-order valence-electron chi connectivity index (χ2n) is 4.59. The van der Waals surface area contributed by atoms with Gasteiger partial charge < -0.3 is 9.84 Å². The van der Waals surface area contributed by atoms with E-state index in [1.807, 2.05) is 0 Å². The van der Waals surface area contributed by atoms with Crippen molar-refractivity contribution in [1.82, 2.24) is 4.98 Å². The Morgan fingerprint density at radius 2 is 2.05 bits per heavy atom. The molecule has 4 heteroatoms. The number of pyridine rings is 1. The summed E-state index contributed by atoms with van der Waals surface area (Å²) in [6.45, 7) is 3.25. The molecule has 1 aromatic carbocycles. The number of aromatic nitrogens is 1. The number of rotatable bonds is 3. The van der Waals surface area contributed by atoms with Gasteiger partial charge in [0.25, 0.3) is 0 Å². The first kappa shape index (κ1) is 13.5. The topological polar surface area (TPSA) is 42.4 Å². The number of aryl methyl sites for hydroxylation is 1. The van der Waals surface area contributed by atoms with Crippen molar-refractivity contribution in [2.24, 2.45) is 0 Å². The van der Waals surface area contributed by atoms with Crippen molar-refractivity contribution in [3.8, 4) is 5.75 Å². The Balaban J connectivity index is 2.54. The Morgan fingerprint density at radius 1 is 1.32 bits per heavy atom. The van der Waals surface area contributed by atoms with Gasteiger partial charge in [-0.3, -0.25) is 4.98 Å². The lowest BCUT2D eigenvalue weighted by atomic mass is 9.90. The summed E-state index contributed by atoms with van der Waals surface area (Å²) in [5.74, 6) is 0.112. The van der Waals surface area contributed by atoms with Crippen molar-refractivity contribution in [2.45, 2.75) is 19.4 Å². The van der Waals surface area contributed by atoms with E-state index in [2.05, 4.69) is 4.98 Å². The Kier molecular flexibility index (Phi) is 3.53. The molecule has 0 aliphatic rings. The summed E-state index contributed by atoms with van der Waals surface area (Å²) in [7, 11) is 1.51. The Hall–Kier alpha value is -1.94. The minimum absolute atomic E-state index is 0.354. The van der Waals surface area contributed by atoms with Crippen LogP contribution in [0, 0.1) is 12.7 Å². The highest BCUT2D eigenvalue weighted by atomic mass is 19.1. The number of methoxy groups -OCH3 is 1. The van der Waals surface area contributed by atoms with Crippen LogP contribution in [0.3, 0.4) is 0 Å². The lowest BCUT2D eigenvalue weighted by molar-refractivity contribution is 0.0935. The highest BCUT2D eigenvalue weighted by Crippen LogP contribution is 2.33. The normalized spacial score (nSPS) is 13.9. The highest BCUT2D eigenvalue weighted by molar-refractivity contribution is 5.40. The minimum atomic E-state index is -1.42. The highest BCUT2D eigenvalue weighted by Gasteiger charge is 2.31. The van der Waals surface area contributed by atoms with Gasteiger partial charge in [0.15, 0.2) is 0 Å². The van der Waals surface area contributed by atoms with E-state index in [0.29, 0.717) is 22.6 Å². The summed E-state index contributed by atoms with van der Waals surface area (Å²) in [6.07, 6.45) is 1.57. The van der Waals surface area contributed by atoms with E-state index >= 15 is 0 Å². The molecule has 1 atom stereocenters. The first-order valence-electron chi connectivity index (χ1n) is 5.95. The van der Waals surface area contributed by atoms with Crippen LogP contribution >= 0.6 is 0 Å². The van der Waals surface area contributed by atoms with Gasteiger partial charge in [-0.25, -0.2) is 4.39 Å². The van der Waals surface area contributed by atoms with Crippen LogP contribution in [-0.4, -0.2) is 17.2 Å². The van der Waals surface area contributed by atoms with Gasteiger partial charge in [-0.15, -0.1) is 0 Å². The molecule has 1 aromatic heterocycles. The zero-order valence-electron chi connectivity index (χ0n) is 11.1. The largest absolute Gasteiger partial charge is 0.495 e. The number of ether oxygens (including phenoxy) is 1. The fourth-order valence-corrected chi connectivity index (χ4v) is 1.95. The number of nitrogens with zero attached hydrogens (tertiary/aromatic N) is 1. The molecule has 1 unspecified atom stereocenters. The molecule has 0 radical (unpaired) electrons. The average molecular weight is 261 g/mol. The molecule has 1 heterocycles. The van der Waals surface area contributed by atoms with Gasteiger partial charge in [0.1, 0.15) is 22.9 Å². The number of hydrogen-bond donors (Lipinski definition) is 1.